The molecule has 2 rings (SSSR count). The summed E-state index contributed by atoms with van der Waals surface area (Å²) in [7, 11) is 0. The van der Waals surface area contributed by atoms with Crippen molar-refractivity contribution in [2.24, 2.45) is 0 Å². The molecular weight excluding hydrogens is 263 g/mol. The lowest BCUT2D eigenvalue weighted by molar-refractivity contribution is 0.102. The van der Waals surface area contributed by atoms with Crippen LogP contribution in [0.4, 0.5) is 9.52 Å². The zero-order chi connectivity index (χ0) is 14.0. The van der Waals surface area contributed by atoms with Crippen molar-refractivity contribution >= 4 is 22.4 Å². The average molecular weight is 278 g/mol. The van der Waals surface area contributed by atoms with Crippen molar-refractivity contribution < 1.29 is 9.18 Å². The van der Waals surface area contributed by atoms with Gasteiger partial charge in [0.2, 0.25) is 0 Å². The number of carbonyl (C=O) groups is 1. The van der Waals surface area contributed by atoms with E-state index in [1.54, 1.807) is 0 Å². The molecule has 0 aliphatic rings. The molecule has 0 atom stereocenters. The number of halogens is 1. The van der Waals surface area contributed by atoms with E-state index in [4.69, 9.17) is 0 Å². The fourth-order valence-electron chi connectivity index (χ4n) is 1.45. The third-order valence-electron chi connectivity index (χ3n) is 2.60. The molecule has 2 aromatic rings. The monoisotopic (exact) mass is 278 g/mol. The smallest absolute Gasteiger partial charge is 0.257 e. The Morgan fingerprint density at radius 2 is 1.89 bits per heavy atom. The molecule has 0 saturated carbocycles. The molecule has 0 spiro atoms. The summed E-state index contributed by atoms with van der Waals surface area (Å²) < 4.78 is 12.8. The van der Waals surface area contributed by atoms with Gasteiger partial charge in [-0.3, -0.25) is 10.1 Å². The van der Waals surface area contributed by atoms with Crippen LogP contribution in [0.5, 0.6) is 0 Å². The van der Waals surface area contributed by atoms with Gasteiger partial charge in [0, 0.05) is 16.4 Å². The van der Waals surface area contributed by atoms with Crippen molar-refractivity contribution in [3.63, 3.8) is 0 Å². The van der Waals surface area contributed by atoms with Crippen molar-refractivity contribution in [1.82, 2.24) is 4.98 Å². The molecule has 1 aromatic heterocycles. The van der Waals surface area contributed by atoms with Crippen LogP contribution >= 0.6 is 11.3 Å². The highest BCUT2D eigenvalue weighted by atomic mass is 32.1. The van der Waals surface area contributed by atoms with E-state index in [0.717, 1.165) is 5.69 Å². The second-order valence-corrected chi connectivity index (χ2v) is 6.11. The quantitative estimate of drug-likeness (QED) is 0.907. The Hall–Kier alpha value is -1.75. The van der Waals surface area contributed by atoms with Gasteiger partial charge in [0.25, 0.3) is 5.91 Å². The number of hydrogen-bond donors (Lipinski definition) is 1. The third-order valence-corrected chi connectivity index (χ3v) is 3.36. The Labute approximate surface area is 115 Å². The van der Waals surface area contributed by atoms with E-state index in [2.05, 4.69) is 31.1 Å². The molecule has 0 radical (unpaired) electrons. The second kappa shape index (κ2) is 5.09. The van der Waals surface area contributed by atoms with Crippen LogP contribution in [0.2, 0.25) is 0 Å². The Kier molecular flexibility index (Phi) is 3.66. The molecular formula is C14H15FN2OS. The van der Waals surface area contributed by atoms with Gasteiger partial charge >= 0.3 is 0 Å². The lowest BCUT2D eigenvalue weighted by Crippen LogP contribution is -2.14. The SMILES string of the molecule is CC(C)(C)c1csc(NC(=O)c2ccc(F)cc2)n1. The lowest BCUT2D eigenvalue weighted by atomic mass is 9.93. The molecule has 0 fully saturated rings. The van der Waals surface area contributed by atoms with Crippen LogP contribution in [0.3, 0.4) is 0 Å². The van der Waals surface area contributed by atoms with Crippen molar-refractivity contribution in [2.45, 2.75) is 26.2 Å². The summed E-state index contributed by atoms with van der Waals surface area (Å²) in [6.07, 6.45) is 0. The number of thiazole rings is 1. The van der Waals surface area contributed by atoms with Gasteiger partial charge in [-0.25, -0.2) is 9.37 Å². The van der Waals surface area contributed by atoms with E-state index < -0.39 is 0 Å². The maximum absolute atomic E-state index is 12.8. The van der Waals surface area contributed by atoms with Gasteiger partial charge < -0.3 is 0 Å². The first kappa shape index (κ1) is 13.7. The van der Waals surface area contributed by atoms with Crippen LogP contribution in [0.25, 0.3) is 0 Å². The number of hydrogen-bond acceptors (Lipinski definition) is 3. The molecule has 19 heavy (non-hydrogen) atoms. The van der Waals surface area contributed by atoms with Crippen molar-refractivity contribution in [3.05, 3.63) is 46.7 Å². The van der Waals surface area contributed by atoms with Crippen LogP contribution in [-0.2, 0) is 5.41 Å². The third kappa shape index (κ3) is 3.38. The molecule has 5 heteroatoms. The van der Waals surface area contributed by atoms with Crippen molar-refractivity contribution in [2.75, 3.05) is 5.32 Å². The normalized spacial score (nSPS) is 11.4. The topological polar surface area (TPSA) is 42.0 Å². The van der Waals surface area contributed by atoms with Crippen LogP contribution in [-0.4, -0.2) is 10.9 Å². The molecule has 100 valence electrons. The van der Waals surface area contributed by atoms with Gasteiger partial charge in [-0.2, -0.15) is 0 Å². The standard InChI is InChI=1S/C14H15FN2OS/c1-14(2,3)11-8-19-13(16-11)17-12(18)9-4-6-10(15)7-5-9/h4-8H,1-3H3,(H,16,17,18). The summed E-state index contributed by atoms with van der Waals surface area (Å²) in [4.78, 5) is 16.3. The van der Waals surface area contributed by atoms with E-state index in [1.807, 2.05) is 5.38 Å². The van der Waals surface area contributed by atoms with Crippen LogP contribution in [0.15, 0.2) is 29.6 Å². The predicted molar refractivity (Wildman–Crippen MR) is 75.2 cm³/mol. The van der Waals surface area contributed by atoms with Gasteiger partial charge in [0.15, 0.2) is 5.13 Å². The number of nitrogens with one attached hydrogen (secondary N) is 1. The number of nitrogens with zero attached hydrogens (tertiary/aromatic N) is 1. The van der Waals surface area contributed by atoms with Gasteiger partial charge in [-0.1, -0.05) is 20.8 Å². The van der Waals surface area contributed by atoms with Crippen LogP contribution in [0.1, 0.15) is 36.8 Å². The number of benzene rings is 1. The van der Waals surface area contributed by atoms with E-state index >= 15 is 0 Å². The summed E-state index contributed by atoms with van der Waals surface area (Å²) in [5.74, 6) is -0.643. The summed E-state index contributed by atoms with van der Waals surface area (Å²) >= 11 is 1.39. The molecule has 0 unspecified atom stereocenters. The molecule has 0 aliphatic carbocycles. The maximum atomic E-state index is 12.8. The first-order valence-corrected chi connectivity index (χ1v) is 6.77. The van der Waals surface area contributed by atoms with Gasteiger partial charge in [0.1, 0.15) is 5.82 Å². The number of carbonyl (C=O) groups excluding carboxylic acids is 1. The highest BCUT2D eigenvalue weighted by molar-refractivity contribution is 7.14. The first-order chi connectivity index (χ1) is 8.86. The average Bonchev–Trinajstić information content (AvgIpc) is 2.78. The Balaban J connectivity index is 2.11. The zero-order valence-electron chi connectivity index (χ0n) is 11.0. The van der Waals surface area contributed by atoms with E-state index in [0.29, 0.717) is 10.7 Å². The maximum Gasteiger partial charge on any atom is 0.257 e. The number of amides is 1. The molecule has 3 nitrogen and oxygen atoms in total. The summed E-state index contributed by atoms with van der Waals surface area (Å²) in [5, 5.41) is 5.20. The summed E-state index contributed by atoms with van der Waals surface area (Å²) in [6, 6.07) is 5.42. The minimum absolute atomic E-state index is 0.0463. The molecule has 0 aliphatic heterocycles. The molecule has 0 saturated heterocycles. The Morgan fingerprint density at radius 1 is 1.26 bits per heavy atom. The molecule has 0 bridgehead atoms. The van der Waals surface area contributed by atoms with E-state index in [9.17, 15) is 9.18 Å². The van der Waals surface area contributed by atoms with Crippen molar-refractivity contribution in [3.8, 4) is 0 Å². The zero-order valence-corrected chi connectivity index (χ0v) is 11.8. The van der Waals surface area contributed by atoms with Gasteiger partial charge in [-0.15, -0.1) is 11.3 Å². The molecule has 1 amide bonds. The number of rotatable bonds is 2. The fraction of sp³-hybridized carbons (Fsp3) is 0.286. The van der Waals surface area contributed by atoms with Crippen LogP contribution < -0.4 is 5.32 Å². The minimum atomic E-state index is -0.360. The molecule has 1 N–H and O–H groups in total. The van der Waals surface area contributed by atoms with Gasteiger partial charge in [-0.05, 0) is 24.3 Å². The van der Waals surface area contributed by atoms with E-state index in [1.165, 1.54) is 35.6 Å². The first-order valence-electron chi connectivity index (χ1n) is 5.89. The second-order valence-electron chi connectivity index (χ2n) is 5.25. The van der Waals surface area contributed by atoms with Gasteiger partial charge in [0.05, 0.1) is 5.69 Å². The van der Waals surface area contributed by atoms with Crippen LogP contribution in [0, 0.1) is 5.82 Å². The number of anilines is 1. The highest BCUT2D eigenvalue weighted by Gasteiger charge is 2.18. The minimum Gasteiger partial charge on any atom is -0.298 e. The molecule has 1 heterocycles. The summed E-state index contributed by atoms with van der Waals surface area (Å²) in [5.41, 5.74) is 1.30. The lowest BCUT2D eigenvalue weighted by Gasteiger charge is -2.14. The van der Waals surface area contributed by atoms with E-state index in [-0.39, 0.29) is 17.1 Å². The largest absolute Gasteiger partial charge is 0.298 e. The molecule has 1 aromatic carbocycles. The Morgan fingerprint density at radius 3 is 2.42 bits per heavy atom. The predicted octanol–water partition coefficient (Wildman–Crippen LogP) is 3.83. The highest BCUT2D eigenvalue weighted by Crippen LogP contribution is 2.26. The fourth-order valence-corrected chi connectivity index (χ4v) is 2.38. The Bertz CT molecular complexity index is 584. The van der Waals surface area contributed by atoms with Crippen molar-refractivity contribution in [1.29, 1.82) is 0 Å². The number of aromatic nitrogens is 1. The summed E-state index contributed by atoms with van der Waals surface area (Å²) in [6.45, 7) is 6.19.